The van der Waals surface area contributed by atoms with Gasteiger partial charge >= 0.3 is 5.97 Å². The van der Waals surface area contributed by atoms with Gasteiger partial charge in [0.25, 0.3) is 5.91 Å². The van der Waals surface area contributed by atoms with Gasteiger partial charge in [0.1, 0.15) is 23.4 Å². The van der Waals surface area contributed by atoms with E-state index in [9.17, 15) is 9.59 Å². The van der Waals surface area contributed by atoms with Crippen molar-refractivity contribution in [1.29, 1.82) is 0 Å². The highest BCUT2D eigenvalue weighted by atomic mass is 16.5. The van der Waals surface area contributed by atoms with E-state index in [1.54, 1.807) is 6.92 Å². The van der Waals surface area contributed by atoms with E-state index in [0.717, 1.165) is 10.9 Å². The van der Waals surface area contributed by atoms with Crippen molar-refractivity contribution in [3.63, 3.8) is 0 Å². The Balaban J connectivity index is 1.42. The maximum atomic E-state index is 12.9. The van der Waals surface area contributed by atoms with Crippen LogP contribution < -0.4 is 10.1 Å². The molecule has 196 valence electrons. The summed E-state index contributed by atoms with van der Waals surface area (Å²) in [6.45, 7) is 8.89. The fourth-order valence-corrected chi connectivity index (χ4v) is 4.41. The monoisotopic (exact) mass is 505 g/mol. The minimum atomic E-state index is -0.546. The van der Waals surface area contributed by atoms with Gasteiger partial charge in [-0.1, -0.05) is 44.2 Å². The van der Waals surface area contributed by atoms with Crippen LogP contribution in [0.3, 0.4) is 0 Å². The lowest BCUT2D eigenvalue weighted by atomic mass is 10.0. The molecular weight excluding hydrogens is 470 g/mol. The largest absolute Gasteiger partial charge is 0.481 e. The predicted molar refractivity (Wildman–Crippen MR) is 142 cm³/mol. The zero-order chi connectivity index (χ0) is 26.4. The summed E-state index contributed by atoms with van der Waals surface area (Å²) >= 11 is 0. The molecule has 1 aromatic heterocycles. The molecule has 0 spiro atoms. The molecule has 0 radical (unpaired) electrons. The second-order valence-electron chi connectivity index (χ2n) is 9.57. The number of hydrogen-bond donors (Lipinski definition) is 1. The Morgan fingerprint density at radius 1 is 0.946 bits per heavy atom. The highest BCUT2D eigenvalue weighted by Crippen LogP contribution is 2.23. The summed E-state index contributed by atoms with van der Waals surface area (Å²) in [7, 11) is 1.39. The van der Waals surface area contributed by atoms with Crippen molar-refractivity contribution in [3.05, 3.63) is 60.4 Å². The van der Waals surface area contributed by atoms with E-state index in [0.29, 0.717) is 50.1 Å². The van der Waals surface area contributed by atoms with Gasteiger partial charge in [0.2, 0.25) is 0 Å². The van der Waals surface area contributed by atoms with Crippen LogP contribution in [0.1, 0.15) is 26.6 Å². The van der Waals surface area contributed by atoms with Crippen molar-refractivity contribution in [3.8, 4) is 5.75 Å². The molecule has 0 bridgehead atoms. The Labute approximate surface area is 217 Å². The summed E-state index contributed by atoms with van der Waals surface area (Å²) in [6.07, 6.45) is -0.546. The molecule has 0 aliphatic carbocycles. The Bertz CT molecular complexity index is 1210. The van der Waals surface area contributed by atoms with Gasteiger partial charge in [-0.2, -0.15) is 0 Å². The summed E-state index contributed by atoms with van der Waals surface area (Å²) in [5.74, 6) is 1.64. The average molecular weight is 506 g/mol. The number of amides is 1. The van der Waals surface area contributed by atoms with Gasteiger partial charge in [-0.05, 0) is 37.1 Å². The molecule has 1 aliphatic rings. The number of fused-ring (bicyclic) bond motifs is 1. The third kappa shape index (κ3) is 6.54. The fourth-order valence-electron chi connectivity index (χ4n) is 4.41. The Kier molecular flexibility index (Phi) is 8.55. The van der Waals surface area contributed by atoms with Crippen LogP contribution in [0, 0.1) is 5.92 Å². The number of hydrogen-bond acceptors (Lipinski definition) is 8. The SMILES string of the molecule is COC(=O)[C@@H](Nc1nc(CN2CCN(C(=O)C(C)Oc3ccccc3)CC2)nc2ccccc12)C(C)C. The number of nitrogens with zero attached hydrogens (tertiary/aromatic N) is 4. The van der Waals surface area contributed by atoms with Crippen molar-refractivity contribution >= 4 is 28.6 Å². The number of esters is 1. The van der Waals surface area contributed by atoms with Crippen LogP contribution in [0.15, 0.2) is 54.6 Å². The summed E-state index contributed by atoms with van der Waals surface area (Å²) in [5.41, 5.74) is 0.808. The van der Waals surface area contributed by atoms with Crippen molar-refractivity contribution in [1.82, 2.24) is 19.8 Å². The van der Waals surface area contributed by atoms with Crippen molar-refractivity contribution in [2.24, 2.45) is 5.92 Å². The molecule has 9 heteroatoms. The molecule has 1 aliphatic heterocycles. The van der Waals surface area contributed by atoms with E-state index in [1.165, 1.54) is 7.11 Å². The van der Waals surface area contributed by atoms with E-state index in [-0.39, 0.29) is 17.8 Å². The minimum Gasteiger partial charge on any atom is -0.481 e. The zero-order valence-electron chi connectivity index (χ0n) is 21.9. The normalized spacial score (nSPS) is 15.9. The van der Waals surface area contributed by atoms with Crippen LogP contribution >= 0.6 is 0 Å². The molecule has 0 saturated carbocycles. The topological polar surface area (TPSA) is 96.9 Å². The van der Waals surface area contributed by atoms with E-state index in [1.807, 2.05) is 73.3 Å². The molecular formula is C28H35N5O4. The molecule has 9 nitrogen and oxygen atoms in total. The number of para-hydroxylation sites is 2. The number of piperazine rings is 1. The smallest absolute Gasteiger partial charge is 0.328 e. The molecule has 1 saturated heterocycles. The summed E-state index contributed by atoms with van der Waals surface area (Å²) in [6, 6.07) is 16.6. The molecule has 1 unspecified atom stereocenters. The molecule has 1 fully saturated rings. The third-order valence-electron chi connectivity index (χ3n) is 6.52. The number of anilines is 1. The maximum absolute atomic E-state index is 12.9. The molecule has 2 aromatic carbocycles. The Hall–Kier alpha value is -3.72. The Morgan fingerprint density at radius 3 is 2.30 bits per heavy atom. The van der Waals surface area contributed by atoms with Gasteiger partial charge in [-0.3, -0.25) is 9.69 Å². The zero-order valence-corrected chi connectivity index (χ0v) is 21.9. The predicted octanol–water partition coefficient (Wildman–Crippen LogP) is 3.35. The van der Waals surface area contributed by atoms with Gasteiger partial charge in [0.05, 0.1) is 19.2 Å². The lowest BCUT2D eigenvalue weighted by molar-refractivity contribution is -0.142. The lowest BCUT2D eigenvalue weighted by Gasteiger charge is -2.35. The van der Waals surface area contributed by atoms with Gasteiger partial charge in [-0.15, -0.1) is 0 Å². The number of carbonyl (C=O) groups is 2. The quantitative estimate of drug-likeness (QED) is 0.442. The lowest BCUT2D eigenvalue weighted by Crippen LogP contribution is -2.51. The van der Waals surface area contributed by atoms with Crippen molar-refractivity contribution in [2.75, 3.05) is 38.6 Å². The van der Waals surface area contributed by atoms with Crippen molar-refractivity contribution < 1.29 is 19.1 Å². The van der Waals surface area contributed by atoms with Crippen LogP contribution in [0.5, 0.6) is 5.75 Å². The van der Waals surface area contributed by atoms with E-state index >= 15 is 0 Å². The van der Waals surface area contributed by atoms with E-state index < -0.39 is 12.1 Å². The molecule has 37 heavy (non-hydrogen) atoms. The number of nitrogens with one attached hydrogen (secondary N) is 1. The highest BCUT2D eigenvalue weighted by Gasteiger charge is 2.27. The average Bonchev–Trinajstić information content (AvgIpc) is 2.91. The van der Waals surface area contributed by atoms with Crippen LogP contribution in [0.25, 0.3) is 10.9 Å². The van der Waals surface area contributed by atoms with E-state index in [4.69, 9.17) is 19.4 Å². The molecule has 2 heterocycles. The van der Waals surface area contributed by atoms with Crippen LogP contribution in [-0.2, 0) is 20.9 Å². The van der Waals surface area contributed by atoms with Gasteiger partial charge in [0.15, 0.2) is 6.10 Å². The summed E-state index contributed by atoms with van der Waals surface area (Å²) in [4.78, 5) is 38.9. The van der Waals surface area contributed by atoms with Gasteiger partial charge in [-0.25, -0.2) is 14.8 Å². The van der Waals surface area contributed by atoms with Gasteiger partial charge < -0.3 is 19.7 Å². The number of carbonyl (C=O) groups excluding carboxylic acids is 2. The first-order valence-electron chi connectivity index (χ1n) is 12.7. The molecule has 3 aromatic rings. The number of ether oxygens (including phenoxy) is 2. The second kappa shape index (κ2) is 12.0. The first kappa shape index (κ1) is 26.3. The Morgan fingerprint density at radius 2 is 1.62 bits per heavy atom. The fraction of sp³-hybridized carbons (Fsp3) is 0.429. The van der Waals surface area contributed by atoms with Crippen LogP contribution in [-0.4, -0.2) is 77.1 Å². The molecule has 1 amide bonds. The maximum Gasteiger partial charge on any atom is 0.328 e. The minimum absolute atomic E-state index is 0.0144. The first-order valence-corrected chi connectivity index (χ1v) is 12.7. The number of rotatable bonds is 9. The number of benzene rings is 2. The first-order chi connectivity index (χ1) is 17.9. The molecule has 4 rings (SSSR count). The standard InChI is InChI=1S/C28H35N5O4/c1-19(2)25(28(35)36-4)31-26-22-12-8-9-13-23(22)29-24(30-26)18-32-14-16-33(17-15-32)27(34)20(3)37-21-10-6-5-7-11-21/h5-13,19-20,25H,14-18H2,1-4H3,(H,29,30,31)/t20?,25-/m0/s1. The second-order valence-corrected chi connectivity index (χ2v) is 9.57. The molecule has 1 N–H and O–H groups in total. The van der Waals surface area contributed by atoms with E-state index in [2.05, 4.69) is 10.2 Å². The van der Waals surface area contributed by atoms with Crippen molar-refractivity contribution in [2.45, 2.75) is 39.5 Å². The number of aromatic nitrogens is 2. The van der Waals surface area contributed by atoms with Gasteiger partial charge in [0, 0.05) is 31.6 Å². The number of methoxy groups -OCH3 is 1. The summed E-state index contributed by atoms with van der Waals surface area (Å²) in [5, 5.41) is 4.14. The van der Waals surface area contributed by atoms with Crippen LogP contribution in [0.2, 0.25) is 0 Å². The molecule has 2 atom stereocenters. The van der Waals surface area contributed by atoms with Crippen LogP contribution in [0.4, 0.5) is 5.82 Å². The highest BCUT2D eigenvalue weighted by molar-refractivity contribution is 5.91. The third-order valence-corrected chi connectivity index (χ3v) is 6.52. The summed E-state index contributed by atoms with van der Waals surface area (Å²) < 4.78 is 10.8.